The van der Waals surface area contributed by atoms with Crippen molar-refractivity contribution in [3.63, 3.8) is 0 Å². The molecule has 1 unspecified atom stereocenters. The molecule has 1 atom stereocenters. The largest absolute Gasteiger partial charge is 0.379 e. The Balaban J connectivity index is 2.46. The highest BCUT2D eigenvalue weighted by Gasteiger charge is 2.10. The molecular weight excluding hydrogens is 178 g/mol. The van der Waals surface area contributed by atoms with E-state index in [1.807, 2.05) is 13.1 Å². The number of likely N-dealkylation sites (N-methyl/N-ethyl adjacent to an activating group) is 1. The monoisotopic (exact) mass is 195 g/mol. The van der Waals surface area contributed by atoms with Gasteiger partial charge >= 0.3 is 0 Å². The first-order chi connectivity index (χ1) is 6.88. The Kier molecular flexibility index (Phi) is 5.11. The number of nitrogens with one attached hydrogen (secondary N) is 1. The summed E-state index contributed by atoms with van der Waals surface area (Å²) in [5.74, 6) is 0.783. The molecular formula is C10H17N3O. The smallest absolute Gasteiger partial charge is 0.147 e. The molecule has 0 radical (unpaired) electrons. The molecule has 0 fully saturated rings. The molecule has 0 amide bonds. The van der Waals surface area contributed by atoms with Gasteiger partial charge in [0.15, 0.2) is 0 Å². The molecule has 0 spiro atoms. The quantitative estimate of drug-likeness (QED) is 0.692. The Morgan fingerprint density at radius 3 is 2.71 bits per heavy atom. The fourth-order valence-corrected chi connectivity index (χ4v) is 1.12. The van der Waals surface area contributed by atoms with Crippen molar-refractivity contribution in [2.45, 2.75) is 19.4 Å². The Hall–Kier alpha value is -1.00. The van der Waals surface area contributed by atoms with Crippen LogP contribution in [-0.2, 0) is 4.74 Å². The van der Waals surface area contributed by atoms with Crippen LogP contribution < -0.4 is 5.32 Å². The van der Waals surface area contributed by atoms with E-state index in [1.54, 1.807) is 12.4 Å². The number of ether oxygens (including phenoxy) is 1. The zero-order valence-corrected chi connectivity index (χ0v) is 8.73. The summed E-state index contributed by atoms with van der Waals surface area (Å²) < 4.78 is 5.45. The number of rotatable bonds is 6. The molecule has 14 heavy (non-hydrogen) atoms. The summed E-state index contributed by atoms with van der Waals surface area (Å²) in [4.78, 5) is 8.35. The third kappa shape index (κ3) is 3.40. The first kappa shape index (κ1) is 11.1. The van der Waals surface area contributed by atoms with Gasteiger partial charge in [-0.2, -0.15) is 0 Å². The fourth-order valence-electron chi connectivity index (χ4n) is 1.12. The Morgan fingerprint density at radius 1 is 1.43 bits per heavy atom. The van der Waals surface area contributed by atoms with Gasteiger partial charge in [-0.3, -0.25) is 0 Å². The van der Waals surface area contributed by atoms with Gasteiger partial charge in [-0.25, -0.2) is 9.97 Å². The molecule has 0 aliphatic rings. The van der Waals surface area contributed by atoms with Gasteiger partial charge in [-0.05, 0) is 19.5 Å². The van der Waals surface area contributed by atoms with Crippen molar-refractivity contribution in [1.82, 2.24) is 15.3 Å². The zero-order valence-electron chi connectivity index (χ0n) is 8.73. The molecule has 0 bridgehead atoms. The maximum atomic E-state index is 5.45. The highest BCUT2D eigenvalue weighted by molar-refractivity contribution is 4.95. The summed E-state index contributed by atoms with van der Waals surface area (Å²) in [5, 5.41) is 3.13. The molecule has 1 heterocycles. The standard InChI is InChI=1S/C10H17N3O/c1-3-7-14-8-9(11-2)10-12-5-4-6-13-10/h4-6,9,11H,3,7-8H2,1-2H3. The van der Waals surface area contributed by atoms with Crippen LogP contribution in [0.4, 0.5) is 0 Å². The van der Waals surface area contributed by atoms with Crippen molar-refractivity contribution < 1.29 is 4.74 Å². The van der Waals surface area contributed by atoms with Crippen LogP contribution in [0.1, 0.15) is 25.2 Å². The average molecular weight is 195 g/mol. The van der Waals surface area contributed by atoms with Crippen LogP contribution in [-0.4, -0.2) is 30.2 Å². The van der Waals surface area contributed by atoms with Gasteiger partial charge in [0.05, 0.1) is 12.6 Å². The minimum atomic E-state index is 0.0859. The highest BCUT2D eigenvalue weighted by Crippen LogP contribution is 2.05. The molecule has 0 aliphatic heterocycles. The van der Waals surface area contributed by atoms with Crippen molar-refractivity contribution in [3.05, 3.63) is 24.3 Å². The Morgan fingerprint density at radius 2 is 2.14 bits per heavy atom. The second-order valence-corrected chi connectivity index (χ2v) is 3.02. The molecule has 1 aromatic rings. The molecule has 4 nitrogen and oxygen atoms in total. The predicted molar refractivity (Wildman–Crippen MR) is 54.9 cm³/mol. The van der Waals surface area contributed by atoms with Crippen LogP contribution in [0.15, 0.2) is 18.5 Å². The molecule has 1 N–H and O–H groups in total. The zero-order chi connectivity index (χ0) is 10.2. The SMILES string of the molecule is CCCOCC(NC)c1ncccn1. The van der Waals surface area contributed by atoms with Gasteiger partial charge in [0.2, 0.25) is 0 Å². The lowest BCUT2D eigenvalue weighted by molar-refractivity contribution is 0.112. The van der Waals surface area contributed by atoms with E-state index in [0.29, 0.717) is 6.61 Å². The summed E-state index contributed by atoms with van der Waals surface area (Å²) in [6.07, 6.45) is 4.52. The predicted octanol–water partition coefficient (Wildman–Crippen LogP) is 1.16. The van der Waals surface area contributed by atoms with E-state index < -0.39 is 0 Å². The lowest BCUT2D eigenvalue weighted by Crippen LogP contribution is -2.24. The van der Waals surface area contributed by atoms with Gasteiger partial charge in [-0.15, -0.1) is 0 Å². The van der Waals surface area contributed by atoms with Crippen molar-refractivity contribution in [1.29, 1.82) is 0 Å². The van der Waals surface area contributed by atoms with Crippen LogP contribution >= 0.6 is 0 Å². The van der Waals surface area contributed by atoms with E-state index in [1.165, 1.54) is 0 Å². The van der Waals surface area contributed by atoms with Crippen LogP contribution in [0.25, 0.3) is 0 Å². The van der Waals surface area contributed by atoms with Gasteiger partial charge in [0.25, 0.3) is 0 Å². The average Bonchev–Trinajstić information content (AvgIpc) is 2.26. The normalized spacial score (nSPS) is 12.7. The lowest BCUT2D eigenvalue weighted by Gasteiger charge is -2.14. The van der Waals surface area contributed by atoms with Gasteiger partial charge in [-0.1, -0.05) is 6.92 Å². The van der Waals surface area contributed by atoms with E-state index in [-0.39, 0.29) is 6.04 Å². The van der Waals surface area contributed by atoms with E-state index >= 15 is 0 Å². The van der Waals surface area contributed by atoms with Crippen molar-refractivity contribution in [3.8, 4) is 0 Å². The summed E-state index contributed by atoms with van der Waals surface area (Å²) in [5.41, 5.74) is 0. The maximum Gasteiger partial charge on any atom is 0.147 e. The highest BCUT2D eigenvalue weighted by atomic mass is 16.5. The molecule has 0 saturated carbocycles. The van der Waals surface area contributed by atoms with Crippen LogP contribution in [0.5, 0.6) is 0 Å². The van der Waals surface area contributed by atoms with Gasteiger partial charge in [0.1, 0.15) is 5.82 Å². The summed E-state index contributed by atoms with van der Waals surface area (Å²) >= 11 is 0. The Bertz CT molecular complexity index is 240. The third-order valence-corrected chi connectivity index (χ3v) is 1.88. The molecule has 4 heteroatoms. The summed E-state index contributed by atoms with van der Waals surface area (Å²) in [6.45, 7) is 3.49. The fraction of sp³-hybridized carbons (Fsp3) is 0.600. The number of aromatic nitrogens is 2. The number of hydrogen-bond acceptors (Lipinski definition) is 4. The minimum absolute atomic E-state index is 0.0859. The number of nitrogens with zero attached hydrogens (tertiary/aromatic N) is 2. The van der Waals surface area contributed by atoms with E-state index in [0.717, 1.165) is 18.9 Å². The molecule has 78 valence electrons. The molecule has 0 saturated heterocycles. The molecule has 0 aliphatic carbocycles. The lowest BCUT2D eigenvalue weighted by atomic mass is 10.3. The van der Waals surface area contributed by atoms with Crippen molar-refractivity contribution in [2.75, 3.05) is 20.3 Å². The van der Waals surface area contributed by atoms with E-state index in [9.17, 15) is 0 Å². The second kappa shape index (κ2) is 6.45. The number of hydrogen-bond donors (Lipinski definition) is 1. The first-order valence-electron chi connectivity index (χ1n) is 4.90. The first-order valence-corrected chi connectivity index (χ1v) is 4.90. The molecule has 1 aromatic heterocycles. The third-order valence-electron chi connectivity index (χ3n) is 1.88. The van der Waals surface area contributed by atoms with E-state index in [4.69, 9.17) is 4.74 Å². The van der Waals surface area contributed by atoms with Crippen molar-refractivity contribution in [2.24, 2.45) is 0 Å². The maximum absolute atomic E-state index is 5.45. The Labute approximate surface area is 84.7 Å². The van der Waals surface area contributed by atoms with Gasteiger partial charge < -0.3 is 10.1 Å². The van der Waals surface area contributed by atoms with Crippen LogP contribution in [0.2, 0.25) is 0 Å². The van der Waals surface area contributed by atoms with Crippen molar-refractivity contribution >= 4 is 0 Å². The second-order valence-electron chi connectivity index (χ2n) is 3.02. The van der Waals surface area contributed by atoms with E-state index in [2.05, 4.69) is 22.2 Å². The van der Waals surface area contributed by atoms with Crippen LogP contribution in [0, 0.1) is 0 Å². The van der Waals surface area contributed by atoms with Gasteiger partial charge in [0, 0.05) is 19.0 Å². The van der Waals surface area contributed by atoms with Crippen LogP contribution in [0.3, 0.4) is 0 Å². The summed E-state index contributed by atoms with van der Waals surface area (Å²) in [6, 6.07) is 1.89. The minimum Gasteiger partial charge on any atom is -0.379 e. The summed E-state index contributed by atoms with van der Waals surface area (Å²) in [7, 11) is 1.89. The molecule has 1 rings (SSSR count). The topological polar surface area (TPSA) is 47.0 Å². The molecule has 0 aromatic carbocycles.